The van der Waals surface area contributed by atoms with Crippen LogP contribution in [-0.2, 0) is 0 Å². The Morgan fingerprint density at radius 2 is 0.765 bits per heavy atom. The number of fused-ring (bicyclic) bond motifs is 2. The molecule has 1 heterocycles. The molecule has 1 aromatic heterocycles. The summed E-state index contributed by atoms with van der Waals surface area (Å²) in [4.78, 5) is 15.1. The minimum absolute atomic E-state index is 0.158. The van der Waals surface area contributed by atoms with Gasteiger partial charge in [-0.3, -0.25) is 0 Å². The van der Waals surface area contributed by atoms with Gasteiger partial charge in [-0.15, -0.1) is 0 Å². The lowest BCUT2D eigenvalue weighted by Crippen LogP contribution is -2.01. The lowest BCUT2D eigenvalue weighted by Gasteiger charge is -2.15. The highest BCUT2D eigenvalue weighted by Gasteiger charge is 2.19. The van der Waals surface area contributed by atoms with Crippen LogP contribution in [0.2, 0.25) is 0 Å². The van der Waals surface area contributed by atoms with E-state index in [4.69, 9.17) is 15.0 Å². The minimum atomic E-state index is 0.158. The Hall–Kier alpha value is -6.91. The fourth-order valence-electron chi connectivity index (χ4n) is 6.97. The van der Waals surface area contributed by atoms with Crippen LogP contribution in [-0.4, -0.2) is 20.1 Å². The molecule has 4 heteroatoms. The maximum absolute atomic E-state index is 11.5. The third-order valence-electron chi connectivity index (χ3n) is 9.45. The van der Waals surface area contributed by atoms with Crippen molar-refractivity contribution >= 4 is 21.5 Å². The van der Waals surface area contributed by atoms with Crippen LogP contribution in [0.5, 0.6) is 5.75 Å². The number of phenolic OH excluding ortho intramolecular Hbond substituents is 1. The topological polar surface area (TPSA) is 58.9 Å². The van der Waals surface area contributed by atoms with Gasteiger partial charge in [0.15, 0.2) is 17.5 Å². The van der Waals surface area contributed by atoms with Crippen molar-refractivity contribution in [1.29, 1.82) is 0 Å². The second-order valence-electron chi connectivity index (χ2n) is 12.6. The Labute approximate surface area is 296 Å². The van der Waals surface area contributed by atoms with Gasteiger partial charge in [0.25, 0.3) is 0 Å². The molecule has 4 nitrogen and oxygen atoms in total. The third-order valence-corrected chi connectivity index (χ3v) is 9.45. The Kier molecular flexibility index (Phi) is 7.60. The Bertz CT molecular complexity index is 2690. The van der Waals surface area contributed by atoms with Crippen LogP contribution in [0.15, 0.2) is 182 Å². The highest BCUT2D eigenvalue weighted by Crippen LogP contribution is 2.41. The van der Waals surface area contributed by atoms with Gasteiger partial charge in [0.2, 0.25) is 0 Å². The molecule has 0 atom stereocenters. The molecule has 0 fully saturated rings. The average molecular weight is 654 g/mol. The summed E-state index contributed by atoms with van der Waals surface area (Å²) in [6.45, 7) is 0. The first kappa shape index (κ1) is 30.2. The molecule has 0 bridgehead atoms. The van der Waals surface area contributed by atoms with Crippen molar-refractivity contribution in [3.63, 3.8) is 0 Å². The number of rotatable bonds is 6. The fraction of sp³-hybridized carbons (Fsp3) is 0. The van der Waals surface area contributed by atoms with E-state index in [9.17, 15) is 5.11 Å². The summed E-state index contributed by atoms with van der Waals surface area (Å²) in [5.74, 6) is 1.76. The van der Waals surface area contributed by atoms with E-state index < -0.39 is 0 Å². The lowest BCUT2D eigenvalue weighted by atomic mass is 9.93. The standard InChI is InChI=1S/C47H31N3O/c51-43-25-11-24-42(44(43)37-19-8-18-36(30-37)41-23-10-17-32-13-5-7-21-39(32)41)47-49-45(34-14-2-1-3-15-34)48-46(50-47)35-28-26-33(27-29-35)40-22-9-16-31-12-4-6-20-38(31)40/h1-30,51H. The van der Waals surface area contributed by atoms with E-state index in [1.54, 1.807) is 6.07 Å². The molecule has 8 aromatic carbocycles. The maximum atomic E-state index is 11.5. The highest BCUT2D eigenvalue weighted by molar-refractivity contribution is 5.98. The van der Waals surface area contributed by atoms with Gasteiger partial charge in [0.1, 0.15) is 5.75 Å². The van der Waals surface area contributed by atoms with Crippen LogP contribution in [0, 0.1) is 0 Å². The second-order valence-corrected chi connectivity index (χ2v) is 12.6. The molecule has 0 saturated carbocycles. The molecule has 0 aliphatic heterocycles. The molecule has 0 saturated heterocycles. The van der Waals surface area contributed by atoms with Crippen molar-refractivity contribution in [2.45, 2.75) is 0 Å². The van der Waals surface area contributed by atoms with Crippen molar-refractivity contribution in [1.82, 2.24) is 15.0 Å². The molecule has 51 heavy (non-hydrogen) atoms. The molecule has 9 aromatic rings. The van der Waals surface area contributed by atoms with Gasteiger partial charge in [0, 0.05) is 22.3 Å². The summed E-state index contributed by atoms with van der Waals surface area (Å²) < 4.78 is 0. The molecule has 0 radical (unpaired) electrons. The van der Waals surface area contributed by atoms with E-state index >= 15 is 0 Å². The normalized spacial score (nSPS) is 11.2. The first-order valence-corrected chi connectivity index (χ1v) is 17.0. The monoisotopic (exact) mass is 653 g/mol. The summed E-state index contributed by atoms with van der Waals surface area (Å²) in [6.07, 6.45) is 0. The van der Waals surface area contributed by atoms with Crippen LogP contribution in [0.1, 0.15) is 0 Å². The van der Waals surface area contributed by atoms with Crippen LogP contribution < -0.4 is 0 Å². The maximum Gasteiger partial charge on any atom is 0.164 e. The van der Waals surface area contributed by atoms with E-state index in [0.717, 1.165) is 38.9 Å². The quantitative estimate of drug-likeness (QED) is 0.194. The van der Waals surface area contributed by atoms with E-state index in [2.05, 4.69) is 121 Å². The van der Waals surface area contributed by atoms with Gasteiger partial charge in [-0.2, -0.15) is 0 Å². The molecule has 0 unspecified atom stereocenters. The Balaban J connectivity index is 1.18. The van der Waals surface area contributed by atoms with Crippen molar-refractivity contribution in [2.75, 3.05) is 0 Å². The molecule has 0 spiro atoms. The fourth-order valence-corrected chi connectivity index (χ4v) is 6.97. The molecule has 1 N–H and O–H groups in total. The van der Waals surface area contributed by atoms with Crippen molar-refractivity contribution < 1.29 is 5.11 Å². The number of nitrogens with zero attached hydrogens (tertiary/aromatic N) is 3. The van der Waals surface area contributed by atoms with Gasteiger partial charge in [-0.05, 0) is 61.5 Å². The van der Waals surface area contributed by atoms with E-state index in [1.165, 1.54) is 27.1 Å². The number of aromatic hydroxyl groups is 1. The summed E-state index contributed by atoms with van der Waals surface area (Å²) in [6, 6.07) is 61.8. The summed E-state index contributed by atoms with van der Waals surface area (Å²) in [5.41, 5.74) is 8.51. The van der Waals surface area contributed by atoms with E-state index in [1.807, 2.05) is 54.6 Å². The van der Waals surface area contributed by atoms with Crippen LogP contribution in [0.4, 0.5) is 0 Å². The molecule has 240 valence electrons. The number of hydrogen-bond donors (Lipinski definition) is 1. The first-order valence-electron chi connectivity index (χ1n) is 17.0. The first-order chi connectivity index (χ1) is 25.2. The van der Waals surface area contributed by atoms with Crippen molar-refractivity contribution in [3.8, 4) is 73.3 Å². The predicted octanol–water partition coefficient (Wildman–Crippen LogP) is 11.9. The summed E-state index contributed by atoms with van der Waals surface area (Å²) in [7, 11) is 0. The van der Waals surface area contributed by atoms with Crippen molar-refractivity contribution in [2.24, 2.45) is 0 Å². The van der Waals surface area contributed by atoms with Gasteiger partial charge in [-0.1, -0.05) is 170 Å². The third kappa shape index (κ3) is 5.69. The Morgan fingerprint density at radius 3 is 1.45 bits per heavy atom. The SMILES string of the molecule is Oc1cccc(-c2nc(-c3ccccc3)nc(-c3ccc(-c4cccc5ccccc45)cc3)n2)c1-c1cccc(-c2cccc3ccccc23)c1. The van der Waals surface area contributed by atoms with Gasteiger partial charge < -0.3 is 5.11 Å². The minimum Gasteiger partial charge on any atom is -0.507 e. The highest BCUT2D eigenvalue weighted by atomic mass is 16.3. The number of phenols is 1. The molecular weight excluding hydrogens is 623 g/mol. The number of aromatic nitrogens is 3. The summed E-state index contributed by atoms with van der Waals surface area (Å²) in [5, 5.41) is 16.2. The molecule has 0 amide bonds. The van der Waals surface area contributed by atoms with E-state index in [0.29, 0.717) is 23.0 Å². The van der Waals surface area contributed by atoms with Crippen LogP contribution >= 0.6 is 0 Å². The zero-order valence-corrected chi connectivity index (χ0v) is 27.6. The van der Waals surface area contributed by atoms with Crippen LogP contribution in [0.3, 0.4) is 0 Å². The van der Waals surface area contributed by atoms with Crippen LogP contribution in [0.25, 0.3) is 89.1 Å². The van der Waals surface area contributed by atoms with Gasteiger partial charge in [0.05, 0.1) is 0 Å². The second kappa shape index (κ2) is 12.8. The van der Waals surface area contributed by atoms with E-state index in [-0.39, 0.29) is 5.75 Å². The summed E-state index contributed by atoms with van der Waals surface area (Å²) >= 11 is 0. The number of hydrogen-bond acceptors (Lipinski definition) is 4. The molecule has 0 aliphatic carbocycles. The zero-order chi connectivity index (χ0) is 34.1. The molecule has 0 aliphatic rings. The smallest absolute Gasteiger partial charge is 0.164 e. The lowest BCUT2D eigenvalue weighted by molar-refractivity contribution is 0.477. The average Bonchev–Trinajstić information content (AvgIpc) is 3.20. The Morgan fingerprint density at radius 1 is 0.314 bits per heavy atom. The van der Waals surface area contributed by atoms with Gasteiger partial charge >= 0.3 is 0 Å². The number of benzene rings is 8. The molecular formula is C47H31N3O. The van der Waals surface area contributed by atoms with Crippen molar-refractivity contribution in [3.05, 3.63) is 182 Å². The molecule has 9 rings (SSSR count). The largest absolute Gasteiger partial charge is 0.507 e. The zero-order valence-electron chi connectivity index (χ0n) is 27.6. The van der Waals surface area contributed by atoms with Gasteiger partial charge in [-0.25, -0.2) is 15.0 Å². The predicted molar refractivity (Wildman–Crippen MR) is 209 cm³/mol.